The van der Waals surface area contributed by atoms with Gasteiger partial charge in [-0.2, -0.15) is 0 Å². The lowest BCUT2D eigenvalue weighted by Gasteiger charge is -2.22. The van der Waals surface area contributed by atoms with Crippen molar-refractivity contribution in [1.82, 2.24) is 0 Å². The van der Waals surface area contributed by atoms with Gasteiger partial charge in [0.15, 0.2) is 23.0 Å². The van der Waals surface area contributed by atoms with Gasteiger partial charge < -0.3 is 9.47 Å². The van der Waals surface area contributed by atoms with Gasteiger partial charge in [0.25, 0.3) is 0 Å². The quantitative estimate of drug-likeness (QED) is 0.426. The summed E-state index contributed by atoms with van der Waals surface area (Å²) in [4.78, 5) is 0. The number of rotatable bonds is 0. The molecule has 0 unspecified atom stereocenters. The van der Waals surface area contributed by atoms with Crippen LogP contribution in [0.3, 0.4) is 0 Å². The van der Waals surface area contributed by atoms with Crippen LogP contribution in [0.2, 0.25) is 10.0 Å². The number of ether oxygens (including phenoxy) is 2. The van der Waals surface area contributed by atoms with Gasteiger partial charge in [0, 0.05) is 12.1 Å². The van der Waals surface area contributed by atoms with E-state index >= 15 is 0 Å². The summed E-state index contributed by atoms with van der Waals surface area (Å²) in [6, 6.07) is 7.01. The number of halogens is 4. The van der Waals surface area contributed by atoms with Crippen LogP contribution in [0, 0.1) is 0 Å². The second kappa shape index (κ2) is 4.60. The zero-order valence-corrected chi connectivity index (χ0v) is 13.3. The Kier molecular flexibility index (Phi) is 3.22. The highest BCUT2D eigenvalue weighted by Gasteiger charge is 2.24. The van der Waals surface area contributed by atoms with Crippen LogP contribution in [0.5, 0.6) is 23.0 Å². The minimum Gasteiger partial charge on any atom is -0.448 e. The maximum absolute atomic E-state index is 5.96. The first-order valence-corrected chi connectivity index (χ1v) is 7.23. The number of benzene rings is 2. The molecule has 0 atom stereocenters. The van der Waals surface area contributed by atoms with E-state index in [1.165, 1.54) is 0 Å². The zero-order chi connectivity index (χ0) is 12.9. The maximum atomic E-state index is 5.96. The van der Waals surface area contributed by atoms with E-state index < -0.39 is 0 Å². The highest BCUT2D eigenvalue weighted by atomic mass is 79.9. The fourth-order valence-corrected chi connectivity index (χ4v) is 2.69. The average Bonchev–Trinajstić information content (AvgIpc) is 2.34. The fourth-order valence-electron chi connectivity index (χ4n) is 1.59. The van der Waals surface area contributed by atoms with Gasteiger partial charge in [-0.25, -0.2) is 0 Å². The molecule has 0 spiro atoms. The predicted octanol–water partition coefficient (Wildman–Crippen LogP) is 6.42. The molecule has 3 rings (SSSR count). The van der Waals surface area contributed by atoms with E-state index in [-0.39, 0.29) is 0 Å². The largest absolute Gasteiger partial charge is 0.448 e. The SMILES string of the molecule is Clc1cc2c(cc1Cl)Oc1c(Br)ccc(Br)c1O2. The van der Waals surface area contributed by atoms with Crippen LogP contribution in [0.15, 0.2) is 33.2 Å². The molecule has 1 aliphatic heterocycles. The molecule has 0 aromatic heterocycles. The first kappa shape index (κ1) is 12.6. The molecular formula is C12H4Br2Cl2O2. The van der Waals surface area contributed by atoms with Gasteiger partial charge in [-0.3, -0.25) is 0 Å². The van der Waals surface area contributed by atoms with Crippen LogP contribution in [0.25, 0.3) is 0 Å². The molecule has 2 aromatic carbocycles. The molecule has 0 saturated carbocycles. The van der Waals surface area contributed by atoms with E-state index in [1.54, 1.807) is 12.1 Å². The summed E-state index contributed by atoms with van der Waals surface area (Å²) in [5, 5.41) is 0.849. The van der Waals surface area contributed by atoms with Crippen molar-refractivity contribution in [1.29, 1.82) is 0 Å². The van der Waals surface area contributed by atoms with Crippen LogP contribution in [0.1, 0.15) is 0 Å². The molecule has 0 N–H and O–H groups in total. The van der Waals surface area contributed by atoms with Gasteiger partial charge in [-0.15, -0.1) is 0 Å². The lowest BCUT2D eigenvalue weighted by Crippen LogP contribution is -2.00. The molecule has 2 nitrogen and oxygen atoms in total. The minimum absolute atomic E-state index is 0.425. The number of hydrogen-bond donors (Lipinski definition) is 0. The average molecular weight is 411 g/mol. The first-order chi connectivity index (χ1) is 8.56. The van der Waals surface area contributed by atoms with Crippen molar-refractivity contribution < 1.29 is 9.47 Å². The molecule has 0 fully saturated rings. The third-order valence-electron chi connectivity index (χ3n) is 2.43. The summed E-state index contributed by atoms with van der Waals surface area (Å²) in [6.45, 7) is 0. The van der Waals surface area contributed by atoms with E-state index in [4.69, 9.17) is 32.7 Å². The highest BCUT2D eigenvalue weighted by molar-refractivity contribution is 9.11. The first-order valence-electron chi connectivity index (χ1n) is 4.89. The standard InChI is InChI=1S/C12H4Br2Cl2O2/c13-5-1-2-6(14)12-11(5)17-9-3-7(15)8(16)4-10(9)18-12/h1-4H. The Balaban J connectivity index is 2.17. The van der Waals surface area contributed by atoms with Gasteiger partial charge in [-0.05, 0) is 44.0 Å². The summed E-state index contributed by atoms with van der Waals surface area (Å²) in [6.07, 6.45) is 0. The summed E-state index contributed by atoms with van der Waals surface area (Å²) >= 11 is 18.7. The minimum atomic E-state index is 0.425. The van der Waals surface area contributed by atoms with E-state index in [0.29, 0.717) is 33.0 Å². The van der Waals surface area contributed by atoms with Gasteiger partial charge in [-0.1, -0.05) is 23.2 Å². The van der Waals surface area contributed by atoms with Crippen LogP contribution in [-0.2, 0) is 0 Å². The summed E-state index contributed by atoms with van der Waals surface area (Å²) in [5.74, 6) is 2.29. The summed E-state index contributed by atoms with van der Waals surface area (Å²) < 4.78 is 13.2. The molecule has 0 amide bonds. The zero-order valence-electron chi connectivity index (χ0n) is 8.64. The summed E-state index contributed by atoms with van der Waals surface area (Å²) in [5.41, 5.74) is 0. The van der Waals surface area contributed by atoms with E-state index in [2.05, 4.69) is 31.9 Å². The van der Waals surface area contributed by atoms with Gasteiger partial charge in [0.05, 0.1) is 19.0 Å². The van der Waals surface area contributed by atoms with Crippen molar-refractivity contribution in [2.75, 3.05) is 0 Å². The molecule has 2 aromatic rings. The Hall–Kier alpha value is -0.420. The molecule has 92 valence electrons. The van der Waals surface area contributed by atoms with Crippen LogP contribution >= 0.6 is 55.1 Å². The van der Waals surface area contributed by atoms with Crippen LogP contribution in [0.4, 0.5) is 0 Å². The Morgan fingerprint density at radius 2 is 1.17 bits per heavy atom. The maximum Gasteiger partial charge on any atom is 0.185 e. The van der Waals surface area contributed by atoms with Crippen molar-refractivity contribution in [3.8, 4) is 23.0 Å². The molecule has 18 heavy (non-hydrogen) atoms. The van der Waals surface area contributed by atoms with Gasteiger partial charge in [0.1, 0.15) is 0 Å². The Bertz CT molecular complexity index is 603. The van der Waals surface area contributed by atoms with Crippen molar-refractivity contribution >= 4 is 55.1 Å². The number of fused-ring (bicyclic) bond motifs is 2. The lowest BCUT2D eigenvalue weighted by molar-refractivity contribution is 0.356. The predicted molar refractivity (Wildman–Crippen MR) is 78.5 cm³/mol. The topological polar surface area (TPSA) is 18.5 Å². The smallest absolute Gasteiger partial charge is 0.185 e. The van der Waals surface area contributed by atoms with E-state index in [0.717, 1.165) is 8.95 Å². The van der Waals surface area contributed by atoms with Crippen molar-refractivity contribution in [2.24, 2.45) is 0 Å². The molecule has 0 aliphatic carbocycles. The van der Waals surface area contributed by atoms with E-state index in [9.17, 15) is 0 Å². The molecule has 1 heterocycles. The lowest BCUT2D eigenvalue weighted by atomic mass is 10.2. The molecule has 0 saturated heterocycles. The molecule has 1 aliphatic rings. The Morgan fingerprint density at radius 3 is 1.56 bits per heavy atom. The van der Waals surface area contributed by atoms with Crippen molar-refractivity contribution in [2.45, 2.75) is 0 Å². The normalized spacial score (nSPS) is 12.2. The number of hydrogen-bond acceptors (Lipinski definition) is 2. The fraction of sp³-hybridized carbons (Fsp3) is 0. The Morgan fingerprint density at radius 1 is 0.778 bits per heavy atom. The molecule has 0 bridgehead atoms. The molecule has 0 radical (unpaired) electrons. The monoisotopic (exact) mass is 408 g/mol. The van der Waals surface area contributed by atoms with Crippen molar-refractivity contribution in [3.05, 3.63) is 43.3 Å². The van der Waals surface area contributed by atoms with Crippen LogP contribution < -0.4 is 9.47 Å². The van der Waals surface area contributed by atoms with Gasteiger partial charge in [0.2, 0.25) is 0 Å². The second-order valence-electron chi connectivity index (χ2n) is 3.60. The molecular weight excluding hydrogens is 407 g/mol. The van der Waals surface area contributed by atoms with Crippen molar-refractivity contribution in [3.63, 3.8) is 0 Å². The second-order valence-corrected chi connectivity index (χ2v) is 6.13. The molecule has 6 heteroatoms. The third-order valence-corrected chi connectivity index (χ3v) is 4.40. The van der Waals surface area contributed by atoms with E-state index in [1.807, 2.05) is 12.1 Å². The Labute approximate surface area is 130 Å². The highest BCUT2D eigenvalue weighted by Crippen LogP contribution is 2.52. The summed E-state index contributed by atoms with van der Waals surface area (Å²) in [7, 11) is 0. The van der Waals surface area contributed by atoms with Gasteiger partial charge >= 0.3 is 0 Å². The van der Waals surface area contributed by atoms with Crippen LogP contribution in [-0.4, -0.2) is 0 Å². The third kappa shape index (κ3) is 2.01.